The molecule has 0 radical (unpaired) electrons. The first-order chi connectivity index (χ1) is 13.2. The second-order valence-corrected chi connectivity index (χ2v) is 8.40. The van der Waals surface area contributed by atoms with E-state index in [-0.39, 0.29) is 23.7 Å². The summed E-state index contributed by atoms with van der Waals surface area (Å²) in [5.74, 6) is -1.09. The zero-order chi connectivity index (χ0) is 20.2. The highest BCUT2D eigenvalue weighted by molar-refractivity contribution is 5.81. The highest BCUT2D eigenvalue weighted by Crippen LogP contribution is 2.35. The van der Waals surface area contributed by atoms with Gasteiger partial charge < -0.3 is 14.4 Å². The SMILES string of the molecule is COC(=O)C1Cc2cc3nnn(C4CN(C(=O)OC(C)(C)C)C4)c3c(F)c2C1. The van der Waals surface area contributed by atoms with Crippen LogP contribution in [0.15, 0.2) is 6.07 Å². The molecule has 150 valence electrons. The number of rotatable bonds is 2. The Morgan fingerprint density at radius 1 is 1.25 bits per heavy atom. The lowest BCUT2D eigenvalue weighted by molar-refractivity contribution is -0.145. The van der Waals surface area contributed by atoms with Crippen molar-refractivity contribution in [3.8, 4) is 0 Å². The molecule has 1 aromatic carbocycles. The number of benzene rings is 1. The van der Waals surface area contributed by atoms with Gasteiger partial charge in [-0.1, -0.05) is 5.21 Å². The maximum absolute atomic E-state index is 15.2. The van der Waals surface area contributed by atoms with Crippen molar-refractivity contribution in [3.63, 3.8) is 0 Å². The highest BCUT2D eigenvalue weighted by atomic mass is 19.1. The van der Waals surface area contributed by atoms with Crippen molar-refractivity contribution in [1.82, 2.24) is 19.9 Å². The van der Waals surface area contributed by atoms with E-state index in [0.29, 0.717) is 42.5 Å². The second kappa shape index (κ2) is 6.42. The molecule has 2 aromatic rings. The predicted octanol–water partition coefficient (Wildman–Crippen LogP) is 2.25. The summed E-state index contributed by atoms with van der Waals surface area (Å²) in [4.78, 5) is 25.5. The van der Waals surface area contributed by atoms with Gasteiger partial charge in [0.15, 0.2) is 5.82 Å². The third-order valence-corrected chi connectivity index (χ3v) is 5.20. The zero-order valence-corrected chi connectivity index (χ0v) is 16.4. The molecule has 8 nitrogen and oxygen atoms in total. The summed E-state index contributed by atoms with van der Waals surface area (Å²) >= 11 is 0. The Kier molecular flexibility index (Phi) is 4.28. The minimum absolute atomic E-state index is 0.164. The summed E-state index contributed by atoms with van der Waals surface area (Å²) in [6.07, 6.45) is 0.358. The van der Waals surface area contributed by atoms with Gasteiger partial charge in [-0.3, -0.25) is 4.79 Å². The van der Waals surface area contributed by atoms with Crippen LogP contribution in [0.5, 0.6) is 0 Å². The van der Waals surface area contributed by atoms with Crippen LogP contribution in [-0.4, -0.2) is 57.8 Å². The summed E-state index contributed by atoms with van der Waals surface area (Å²) in [6, 6.07) is 1.63. The number of nitrogens with zero attached hydrogens (tertiary/aromatic N) is 4. The minimum atomic E-state index is -0.565. The molecule has 1 fully saturated rings. The topological polar surface area (TPSA) is 86.5 Å². The number of hydrogen-bond donors (Lipinski definition) is 0. The Morgan fingerprint density at radius 3 is 2.61 bits per heavy atom. The molecule has 0 saturated carbocycles. The van der Waals surface area contributed by atoms with Gasteiger partial charge in [0.2, 0.25) is 0 Å². The first-order valence-corrected chi connectivity index (χ1v) is 9.29. The van der Waals surface area contributed by atoms with Crippen LogP contribution in [-0.2, 0) is 27.1 Å². The Labute approximate surface area is 161 Å². The second-order valence-electron chi connectivity index (χ2n) is 8.40. The Bertz CT molecular complexity index is 959. The maximum Gasteiger partial charge on any atom is 0.410 e. The lowest BCUT2D eigenvalue weighted by atomic mass is 10.1. The maximum atomic E-state index is 15.2. The summed E-state index contributed by atoms with van der Waals surface area (Å²) in [5, 5.41) is 8.22. The van der Waals surface area contributed by atoms with Crippen LogP contribution in [0.3, 0.4) is 0 Å². The molecule has 1 aliphatic heterocycles. The van der Waals surface area contributed by atoms with Crippen LogP contribution in [0.1, 0.15) is 37.9 Å². The van der Waals surface area contributed by atoms with Crippen molar-refractivity contribution in [2.45, 2.75) is 45.3 Å². The number of amides is 1. The molecular formula is C19H23FN4O4. The van der Waals surface area contributed by atoms with Crippen LogP contribution in [0.2, 0.25) is 0 Å². The summed E-state index contributed by atoms with van der Waals surface area (Å²) in [5.41, 5.74) is 1.51. The van der Waals surface area contributed by atoms with Crippen molar-refractivity contribution < 1.29 is 23.5 Å². The van der Waals surface area contributed by atoms with Crippen molar-refractivity contribution in [1.29, 1.82) is 0 Å². The predicted molar refractivity (Wildman–Crippen MR) is 97.2 cm³/mol. The molecule has 1 saturated heterocycles. The lowest BCUT2D eigenvalue weighted by Crippen LogP contribution is -2.52. The largest absolute Gasteiger partial charge is 0.469 e. The molecule has 1 aromatic heterocycles. The van der Waals surface area contributed by atoms with Gasteiger partial charge in [-0.05, 0) is 50.8 Å². The molecule has 2 heterocycles. The smallest absolute Gasteiger partial charge is 0.410 e. The summed E-state index contributed by atoms with van der Waals surface area (Å²) in [7, 11) is 1.34. The van der Waals surface area contributed by atoms with Crippen molar-refractivity contribution in [3.05, 3.63) is 23.0 Å². The third kappa shape index (κ3) is 3.08. The number of methoxy groups -OCH3 is 1. The quantitative estimate of drug-likeness (QED) is 0.731. The van der Waals surface area contributed by atoms with Gasteiger partial charge in [0.05, 0.1) is 19.1 Å². The van der Waals surface area contributed by atoms with Crippen LogP contribution >= 0.6 is 0 Å². The fourth-order valence-electron chi connectivity index (χ4n) is 3.81. The molecular weight excluding hydrogens is 367 g/mol. The molecule has 1 unspecified atom stereocenters. The average molecular weight is 390 g/mol. The molecule has 28 heavy (non-hydrogen) atoms. The number of fused-ring (bicyclic) bond motifs is 2. The van der Waals surface area contributed by atoms with Crippen molar-refractivity contribution in [2.75, 3.05) is 20.2 Å². The number of halogens is 1. The molecule has 2 aliphatic rings. The van der Waals surface area contributed by atoms with E-state index in [1.807, 2.05) is 20.8 Å². The summed E-state index contributed by atoms with van der Waals surface area (Å²) in [6.45, 7) is 6.20. The first kappa shape index (κ1) is 18.6. The van der Waals surface area contributed by atoms with Gasteiger partial charge in [-0.25, -0.2) is 13.9 Å². The number of aromatic nitrogens is 3. The monoisotopic (exact) mass is 390 g/mol. The van der Waals surface area contributed by atoms with E-state index in [4.69, 9.17) is 9.47 Å². The number of carbonyl (C=O) groups is 2. The van der Waals surface area contributed by atoms with E-state index >= 15 is 4.39 Å². The van der Waals surface area contributed by atoms with Gasteiger partial charge >= 0.3 is 12.1 Å². The molecule has 1 atom stereocenters. The molecule has 0 bridgehead atoms. The number of hydrogen-bond acceptors (Lipinski definition) is 6. The molecule has 0 N–H and O–H groups in total. The normalized spacial score (nSPS) is 19.5. The van der Waals surface area contributed by atoms with Gasteiger partial charge in [-0.15, -0.1) is 5.10 Å². The molecule has 9 heteroatoms. The number of likely N-dealkylation sites (tertiary alicyclic amines) is 1. The van der Waals surface area contributed by atoms with E-state index in [1.165, 1.54) is 11.8 Å². The Hall–Kier alpha value is -2.71. The van der Waals surface area contributed by atoms with E-state index in [0.717, 1.165) is 5.56 Å². The third-order valence-electron chi connectivity index (χ3n) is 5.20. The molecule has 4 rings (SSSR count). The Morgan fingerprint density at radius 2 is 1.96 bits per heavy atom. The van der Waals surface area contributed by atoms with E-state index in [9.17, 15) is 9.59 Å². The average Bonchev–Trinajstić information content (AvgIpc) is 3.16. The number of carbonyl (C=O) groups excluding carboxylic acids is 2. The fraction of sp³-hybridized carbons (Fsp3) is 0.579. The van der Waals surface area contributed by atoms with Crippen LogP contribution in [0.25, 0.3) is 11.0 Å². The van der Waals surface area contributed by atoms with Crippen molar-refractivity contribution >= 4 is 23.1 Å². The number of ether oxygens (including phenoxy) is 2. The van der Waals surface area contributed by atoms with Gasteiger partial charge in [0, 0.05) is 13.1 Å². The van der Waals surface area contributed by atoms with E-state index in [1.54, 1.807) is 11.0 Å². The fourth-order valence-corrected chi connectivity index (χ4v) is 3.81. The molecule has 1 amide bonds. The lowest BCUT2D eigenvalue weighted by Gasteiger charge is -2.39. The molecule has 1 aliphatic carbocycles. The first-order valence-electron chi connectivity index (χ1n) is 9.29. The zero-order valence-electron chi connectivity index (χ0n) is 16.4. The van der Waals surface area contributed by atoms with Gasteiger partial charge in [-0.2, -0.15) is 0 Å². The van der Waals surface area contributed by atoms with Crippen molar-refractivity contribution in [2.24, 2.45) is 5.92 Å². The van der Waals surface area contributed by atoms with Crippen LogP contribution in [0, 0.1) is 11.7 Å². The van der Waals surface area contributed by atoms with Gasteiger partial charge in [0.25, 0.3) is 0 Å². The van der Waals surface area contributed by atoms with E-state index in [2.05, 4.69) is 10.3 Å². The minimum Gasteiger partial charge on any atom is -0.469 e. The van der Waals surface area contributed by atoms with Crippen LogP contribution < -0.4 is 0 Å². The summed E-state index contributed by atoms with van der Waals surface area (Å²) < 4.78 is 26.9. The Balaban J connectivity index is 1.55. The number of esters is 1. The highest BCUT2D eigenvalue weighted by Gasteiger charge is 2.38. The standard InChI is InChI=1S/C19H23FN4O4/c1-19(2,3)28-18(26)23-8-12(9-23)24-16-14(21-22-24)7-10-5-11(17(25)27-4)6-13(10)15(16)20/h7,11-12H,5-6,8-9H2,1-4H3. The van der Waals surface area contributed by atoms with Crippen LogP contribution in [0.4, 0.5) is 9.18 Å². The van der Waals surface area contributed by atoms with E-state index < -0.39 is 11.7 Å². The van der Waals surface area contributed by atoms with Gasteiger partial charge in [0.1, 0.15) is 16.6 Å². The molecule has 0 spiro atoms.